The Morgan fingerprint density at radius 2 is 1.79 bits per heavy atom. The summed E-state index contributed by atoms with van der Waals surface area (Å²) in [6.07, 6.45) is 3.21. The van der Waals surface area contributed by atoms with Crippen LogP contribution in [0.1, 0.15) is 31.0 Å². The fourth-order valence-electron chi connectivity index (χ4n) is 4.09. The van der Waals surface area contributed by atoms with Crippen LogP contribution in [0.2, 0.25) is 0 Å². The molecule has 0 saturated carbocycles. The van der Waals surface area contributed by atoms with Crippen molar-refractivity contribution in [3.8, 4) is 23.1 Å². The van der Waals surface area contributed by atoms with Gasteiger partial charge in [0.05, 0.1) is 36.9 Å². The molecule has 216 valence electrons. The van der Waals surface area contributed by atoms with Crippen molar-refractivity contribution in [1.29, 1.82) is 0 Å². The SMILES string of the molecule is COc1cc2c(Oc3ccc(NC(=O)Cn4cc(C(C)C)nn4)cc3)ncnc2cc1OCCOCc1ccccc1. The van der Waals surface area contributed by atoms with Gasteiger partial charge in [0.2, 0.25) is 11.8 Å². The van der Waals surface area contributed by atoms with E-state index in [2.05, 4.69) is 25.6 Å². The second kappa shape index (κ2) is 13.6. The van der Waals surface area contributed by atoms with Gasteiger partial charge in [0.15, 0.2) is 11.5 Å². The lowest BCUT2D eigenvalue weighted by Gasteiger charge is -2.14. The predicted molar refractivity (Wildman–Crippen MR) is 157 cm³/mol. The number of methoxy groups -OCH3 is 1. The monoisotopic (exact) mass is 568 g/mol. The van der Waals surface area contributed by atoms with E-state index in [1.165, 1.54) is 11.0 Å². The minimum atomic E-state index is -0.210. The number of nitrogens with one attached hydrogen (secondary N) is 1. The highest BCUT2D eigenvalue weighted by atomic mass is 16.5. The van der Waals surface area contributed by atoms with Crippen LogP contribution in [0.15, 0.2) is 79.3 Å². The average Bonchev–Trinajstić information content (AvgIpc) is 3.47. The summed E-state index contributed by atoms with van der Waals surface area (Å²) in [5.41, 5.74) is 3.21. The van der Waals surface area contributed by atoms with E-state index in [9.17, 15) is 4.79 Å². The van der Waals surface area contributed by atoms with Crippen LogP contribution >= 0.6 is 0 Å². The molecule has 42 heavy (non-hydrogen) atoms. The van der Waals surface area contributed by atoms with Crippen LogP contribution in [0.25, 0.3) is 10.9 Å². The van der Waals surface area contributed by atoms with E-state index in [0.29, 0.717) is 59.5 Å². The summed E-state index contributed by atoms with van der Waals surface area (Å²) in [5, 5.41) is 11.6. The summed E-state index contributed by atoms with van der Waals surface area (Å²) in [4.78, 5) is 21.1. The van der Waals surface area contributed by atoms with E-state index in [-0.39, 0.29) is 18.4 Å². The third kappa shape index (κ3) is 7.38. The Balaban J connectivity index is 1.19. The standard InChI is InChI=1S/C31H32N6O5/c1-21(2)27-17-37(36-35-27)18-30(38)34-23-9-11-24(12-10-23)42-31-25-15-28(39-3)29(16-26(25)32-20-33-31)41-14-13-40-19-22-7-5-4-6-8-22/h4-12,15-17,20-21H,13-14,18-19H2,1-3H3,(H,34,38). The van der Waals surface area contributed by atoms with E-state index in [1.54, 1.807) is 49.7 Å². The van der Waals surface area contributed by atoms with Crippen LogP contribution in [0.4, 0.5) is 5.69 Å². The van der Waals surface area contributed by atoms with E-state index < -0.39 is 0 Å². The number of carbonyl (C=O) groups is 1. The predicted octanol–water partition coefficient (Wildman–Crippen LogP) is 5.38. The Labute approximate surface area is 243 Å². The number of rotatable bonds is 13. The van der Waals surface area contributed by atoms with Crippen molar-refractivity contribution < 1.29 is 23.7 Å². The molecule has 3 aromatic carbocycles. The molecule has 0 aliphatic rings. The molecule has 5 rings (SSSR count). The zero-order chi connectivity index (χ0) is 29.3. The Hall–Kier alpha value is -5.03. The van der Waals surface area contributed by atoms with Gasteiger partial charge in [0, 0.05) is 18.0 Å². The molecule has 0 bridgehead atoms. The molecule has 0 unspecified atom stereocenters. The number of aromatic nitrogens is 5. The molecular formula is C31H32N6O5. The molecule has 0 saturated heterocycles. The van der Waals surface area contributed by atoms with Crippen molar-refractivity contribution >= 4 is 22.5 Å². The third-order valence-electron chi connectivity index (χ3n) is 6.29. The van der Waals surface area contributed by atoms with Gasteiger partial charge in [-0.3, -0.25) is 4.79 Å². The summed E-state index contributed by atoms with van der Waals surface area (Å²) < 4.78 is 24.8. The van der Waals surface area contributed by atoms with E-state index >= 15 is 0 Å². The largest absolute Gasteiger partial charge is 0.493 e. The van der Waals surface area contributed by atoms with E-state index in [0.717, 1.165) is 11.3 Å². The molecule has 2 heterocycles. The van der Waals surface area contributed by atoms with Gasteiger partial charge in [0.1, 0.15) is 25.2 Å². The van der Waals surface area contributed by atoms with Gasteiger partial charge in [-0.2, -0.15) is 0 Å². The van der Waals surface area contributed by atoms with Crippen molar-refractivity contribution in [3.63, 3.8) is 0 Å². The Kier molecular flexibility index (Phi) is 9.20. The van der Waals surface area contributed by atoms with Crippen molar-refractivity contribution in [2.75, 3.05) is 25.6 Å². The maximum Gasteiger partial charge on any atom is 0.246 e. The number of ether oxygens (including phenoxy) is 4. The van der Waals surface area contributed by atoms with Gasteiger partial charge in [0.25, 0.3) is 0 Å². The van der Waals surface area contributed by atoms with Crippen molar-refractivity contribution in [1.82, 2.24) is 25.0 Å². The molecule has 11 heteroatoms. The summed E-state index contributed by atoms with van der Waals surface area (Å²) in [5.74, 6) is 2.01. The first-order valence-electron chi connectivity index (χ1n) is 13.5. The van der Waals surface area contributed by atoms with Crippen LogP contribution in [0.5, 0.6) is 23.1 Å². The van der Waals surface area contributed by atoms with Crippen LogP contribution in [0.3, 0.4) is 0 Å². The van der Waals surface area contributed by atoms with Gasteiger partial charge < -0.3 is 24.3 Å². The molecule has 1 amide bonds. The number of anilines is 1. The minimum Gasteiger partial charge on any atom is -0.493 e. The molecule has 11 nitrogen and oxygen atoms in total. The first kappa shape index (κ1) is 28.5. The average molecular weight is 569 g/mol. The number of nitrogens with zero attached hydrogens (tertiary/aromatic N) is 5. The van der Waals surface area contributed by atoms with Gasteiger partial charge in [-0.25, -0.2) is 14.6 Å². The summed E-state index contributed by atoms with van der Waals surface area (Å²) in [7, 11) is 1.57. The molecule has 0 aliphatic carbocycles. The van der Waals surface area contributed by atoms with Crippen LogP contribution < -0.4 is 19.5 Å². The number of carbonyl (C=O) groups excluding carboxylic acids is 1. The number of hydrogen-bond acceptors (Lipinski definition) is 9. The van der Waals surface area contributed by atoms with Crippen molar-refractivity contribution in [2.24, 2.45) is 0 Å². The number of amides is 1. The lowest BCUT2D eigenvalue weighted by atomic mass is 10.2. The van der Waals surface area contributed by atoms with Crippen molar-refractivity contribution in [2.45, 2.75) is 32.9 Å². The lowest BCUT2D eigenvalue weighted by Crippen LogP contribution is -2.19. The first-order chi connectivity index (χ1) is 20.5. The molecule has 0 aliphatic heterocycles. The van der Waals surface area contributed by atoms with Gasteiger partial charge in [-0.05, 0) is 41.8 Å². The van der Waals surface area contributed by atoms with Crippen LogP contribution in [-0.4, -0.2) is 51.2 Å². The smallest absolute Gasteiger partial charge is 0.246 e. The molecule has 0 radical (unpaired) electrons. The Bertz CT molecular complexity index is 1620. The number of fused-ring (bicyclic) bond motifs is 1. The first-order valence-corrected chi connectivity index (χ1v) is 13.5. The van der Waals surface area contributed by atoms with Gasteiger partial charge in [-0.1, -0.05) is 49.4 Å². The highest BCUT2D eigenvalue weighted by Crippen LogP contribution is 2.36. The van der Waals surface area contributed by atoms with Crippen molar-refractivity contribution in [3.05, 3.63) is 90.5 Å². The minimum absolute atomic E-state index is 0.0686. The second-order valence-corrected chi connectivity index (χ2v) is 9.76. The zero-order valence-electron chi connectivity index (χ0n) is 23.7. The van der Waals surface area contributed by atoms with Crippen LogP contribution in [-0.2, 0) is 22.7 Å². The maximum absolute atomic E-state index is 12.5. The Morgan fingerprint density at radius 3 is 2.52 bits per heavy atom. The fourth-order valence-corrected chi connectivity index (χ4v) is 4.09. The number of hydrogen-bond donors (Lipinski definition) is 1. The topological polar surface area (TPSA) is 123 Å². The normalized spacial score (nSPS) is 11.0. The lowest BCUT2D eigenvalue weighted by molar-refractivity contribution is -0.116. The summed E-state index contributed by atoms with van der Waals surface area (Å²) in [6.45, 7) is 5.41. The summed E-state index contributed by atoms with van der Waals surface area (Å²) in [6, 6.07) is 20.6. The molecular weight excluding hydrogens is 536 g/mol. The van der Waals surface area contributed by atoms with Gasteiger partial charge in [-0.15, -0.1) is 5.10 Å². The molecule has 1 N–H and O–H groups in total. The molecule has 0 spiro atoms. The third-order valence-corrected chi connectivity index (χ3v) is 6.29. The number of benzene rings is 3. The van der Waals surface area contributed by atoms with Gasteiger partial charge >= 0.3 is 0 Å². The molecule has 2 aromatic heterocycles. The van der Waals surface area contributed by atoms with E-state index in [1.807, 2.05) is 44.2 Å². The molecule has 0 fully saturated rings. The molecule has 5 aromatic rings. The van der Waals surface area contributed by atoms with E-state index in [4.69, 9.17) is 18.9 Å². The summed E-state index contributed by atoms with van der Waals surface area (Å²) >= 11 is 0. The maximum atomic E-state index is 12.5. The highest BCUT2D eigenvalue weighted by molar-refractivity contribution is 5.90. The quantitative estimate of drug-likeness (QED) is 0.187. The Morgan fingerprint density at radius 1 is 0.976 bits per heavy atom. The second-order valence-electron chi connectivity index (χ2n) is 9.76. The van der Waals surface area contributed by atoms with Crippen LogP contribution in [0, 0.1) is 0 Å². The zero-order valence-corrected chi connectivity index (χ0v) is 23.7. The highest BCUT2D eigenvalue weighted by Gasteiger charge is 2.14. The fraction of sp³-hybridized carbons (Fsp3) is 0.258. The molecule has 0 atom stereocenters.